The smallest absolute Gasteiger partial charge is 0.263 e. The SMILES string of the molecule is Cc1cc(-c2c(C)sc3nc(C(C)C)n(Cc4cccc(C#N)c4)c(=O)c23)ccc1Cl. The molecule has 0 saturated carbocycles. The van der Waals surface area contributed by atoms with Gasteiger partial charge < -0.3 is 0 Å². The Bertz CT molecular complexity index is 1410. The van der Waals surface area contributed by atoms with Crippen molar-refractivity contribution in [3.8, 4) is 17.2 Å². The van der Waals surface area contributed by atoms with Crippen LogP contribution >= 0.6 is 22.9 Å². The van der Waals surface area contributed by atoms with Crippen LogP contribution in [0.4, 0.5) is 0 Å². The van der Waals surface area contributed by atoms with Gasteiger partial charge in [0, 0.05) is 21.4 Å². The molecule has 0 radical (unpaired) electrons. The van der Waals surface area contributed by atoms with Gasteiger partial charge in [-0.15, -0.1) is 11.3 Å². The Hall–Kier alpha value is -2.94. The van der Waals surface area contributed by atoms with Crippen LogP contribution < -0.4 is 5.56 Å². The van der Waals surface area contributed by atoms with Crippen molar-refractivity contribution >= 4 is 33.2 Å². The molecule has 0 aliphatic carbocycles. The number of hydrogen-bond donors (Lipinski definition) is 0. The van der Waals surface area contributed by atoms with Crippen molar-refractivity contribution in [3.63, 3.8) is 0 Å². The average molecular weight is 448 g/mol. The minimum Gasteiger partial charge on any atom is -0.291 e. The molecule has 31 heavy (non-hydrogen) atoms. The Morgan fingerprint density at radius 1 is 1.19 bits per heavy atom. The van der Waals surface area contributed by atoms with E-state index in [0.29, 0.717) is 22.5 Å². The van der Waals surface area contributed by atoms with Crippen molar-refractivity contribution in [2.24, 2.45) is 0 Å². The molecule has 4 nitrogen and oxygen atoms in total. The number of aromatic nitrogens is 2. The van der Waals surface area contributed by atoms with Gasteiger partial charge in [0.15, 0.2) is 0 Å². The molecule has 4 aromatic rings. The second kappa shape index (κ2) is 8.30. The fraction of sp³-hybridized carbons (Fsp3) is 0.240. The lowest BCUT2D eigenvalue weighted by atomic mass is 10.0. The Morgan fingerprint density at radius 2 is 1.97 bits per heavy atom. The first-order chi connectivity index (χ1) is 14.8. The number of thiophene rings is 1. The summed E-state index contributed by atoms with van der Waals surface area (Å²) >= 11 is 7.78. The summed E-state index contributed by atoms with van der Waals surface area (Å²) in [6.45, 7) is 8.45. The van der Waals surface area contributed by atoms with E-state index in [2.05, 4.69) is 6.07 Å². The lowest BCUT2D eigenvalue weighted by Crippen LogP contribution is -2.26. The lowest BCUT2D eigenvalue weighted by Gasteiger charge is -2.15. The van der Waals surface area contributed by atoms with Crippen LogP contribution in [0.1, 0.15) is 47.2 Å². The monoisotopic (exact) mass is 447 g/mol. The number of nitrogens with zero attached hydrogens (tertiary/aromatic N) is 3. The van der Waals surface area contributed by atoms with Gasteiger partial charge >= 0.3 is 0 Å². The maximum atomic E-state index is 13.8. The van der Waals surface area contributed by atoms with E-state index in [4.69, 9.17) is 16.6 Å². The molecule has 2 aromatic carbocycles. The molecule has 0 unspecified atom stereocenters. The first kappa shape index (κ1) is 21.3. The van der Waals surface area contributed by atoms with Gasteiger partial charge in [0.05, 0.1) is 23.6 Å². The molecule has 156 valence electrons. The van der Waals surface area contributed by atoms with E-state index in [1.807, 2.05) is 64.1 Å². The topological polar surface area (TPSA) is 58.7 Å². The highest BCUT2D eigenvalue weighted by Gasteiger charge is 2.21. The highest BCUT2D eigenvalue weighted by molar-refractivity contribution is 7.19. The zero-order valence-corrected chi connectivity index (χ0v) is 19.4. The first-order valence-electron chi connectivity index (χ1n) is 10.1. The third-order valence-electron chi connectivity index (χ3n) is 5.38. The molecule has 6 heteroatoms. The Balaban J connectivity index is 1.98. The van der Waals surface area contributed by atoms with Crippen molar-refractivity contribution in [1.82, 2.24) is 9.55 Å². The number of fused-ring (bicyclic) bond motifs is 1. The molecular weight excluding hydrogens is 426 g/mol. The van der Waals surface area contributed by atoms with Gasteiger partial charge in [0.1, 0.15) is 10.7 Å². The van der Waals surface area contributed by atoms with Crippen LogP contribution in [0.3, 0.4) is 0 Å². The summed E-state index contributed by atoms with van der Waals surface area (Å²) in [5.74, 6) is 0.833. The number of halogens is 1. The molecule has 0 bridgehead atoms. The molecule has 0 fully saturated rings. The molecule has 2 heterocycles. The predicted octanol–water partition coefficient (Wildman–Crippen LogP) is 6.44. The number of aryl methyl sites for hydroxylation is 2. The van der Waals surface area contributed by atoms with Crippen LogP contribution in [0.25, 0.3) is 21.3 Å². The van der Waals surface area contributed by atoms with Crippen molar-refractivity contribution in [2.75, 3.05) is 0 Å². The third kappa shape index (κ3) is 3.89. The van der Waals surface area contributed by atoms with Crippen molar-refractivity contribution < 1.29 is 0 Å². The van der Waals surface area contributed by atoms with Crippen molar-refractivity contribution in [3.05, 3.63) is 85.2 Å². The Kier molecular flexibility index (Phi) is 5.70. The van der Waals surface area contributed by atoms with E-state index >= 15 is 0 Å². The average Bonchev–Trinajstić information content (AvgIpc) is 3.08. The van der Waals surface area contributed by atoms with Crippen LogP contribution in [0.15, 0.2) is 47.3 Å². The van der Waals surface area contributed by atoms with Crippen LogP contribution in [0, 0.1) is 25.2 Å². The normalized spacial score (nSPS) is 11.3. The van der Waals surface area contributed by atoms with E-state index < -0.39 is 0 Å². The molecule has 0 amide bonds. The molecule has 0 saturated heterocycles. The van der Waals surface area contributed by atoms with Gasteiger partial charge in [-0.1, -0.05) is 43.6 Å². The minimum atomic E-state index is -0.0528. The zero-order valence-electron chi connectivity index (χ0n) is 17.9. The van der Waals surface area contributed by atoms with Gasteiger partial charge in [-0.05, 0) is 54.8 Å². The highest BCUT2D eigenvalue weighted by Crippen LogP contribution is 2.37. The second-order valence-corrected chi connectivity index (χ2v) is 9.62. The Labute approximate surface area is 190 Å². The summed E-state index contributed by atoms with van der Waals surface area (Å²) in [5.41, 5.74) is 4.29. The summed E-state index contributed by atoms with van der Waals surface area (Å²) in [6.07, 6.45) is 0. The molecular formula is C25H22ClN3OS. The summed E-state index contributed by atoms with van der Waals surface area (Å²) < 4.78 is 1.75. The van der Waals surface area contributed by atoms with Gasteiger partial charge in [0.25, 0.3) is 5.56 Å². The van der Waals surface area contributed by atoms with Gasteiger partial charge in [-0.2, -0.15) is 5.26 Å². The molecule has 0 N–H and O–H groups in total. The predicted molar refractivity (Wildman–Crippen MR) is 128 cm³/mol. The number of benzene rings is 2. The van der Waals surface area contributed by atoms with E-state index in [1.165, 1.54) is 0 Å². The van der Waals surface area contributed by atoms with Crippen LogP contribution in [0.2, 0.25) is 5.02 Å². The van der Waals surface area contributed by atoms with E-state index in [0.717, 1.165) is 37.8 Å². The first-order valence-corrected chi connectivity index (χ1v) is 11.3. The zero-order chi connectivity index (χ0) is 22.3. The second-order valence-electron chi connectivity index (χ2n) is 8.01. The number of rotatable bonds is 4. The number of nitriles is 1. The van der Waals surface area contributed by atoms with E-state index in [-0.39, 0.29) is 11.5 Å². The summed E-state index contributed by atoms with van der Waals surface area (Å²) in [5, 5.41) is 10.6. The summed E-state index contributed by atoms with van der Waals surface area (Å²) in [6, 6.07) is 15.4. The summed E-state index contributed by atoms with van der Waals surface area (Å²) in [4.78, 5) is 20.5. The largest absolute Gasteiger partial charge is 0.291 e. The van der Waals surface area contributed by atoms with Gasteiger partial charge in [-0.3, -0.25) is 9.36 Å². The van der Waals surface area contributed by atoms with Crippen LogP contribution in [-0.2, 0) is 6.54 Å². The van der Waals surface area contributed by atoms with Gasteiger partial charge in [0.2, 0.25) is 0 Å². The maximum absolute atomic E-state index is 13.8. The molecule has 0 atom stereocenters. The fourth-order valence-corrected chi connectivity index (χ4v) is 5.03. The highest BCUT2D eigenvalue weighted by atomic mass is 35.5. The van der Waals surface area contributed by atoms with Gasteiger partial charge in [-0.25, -0.2) is 4.98 Å². The van der Waals surface area contributed by atoms with Crippen molar-refractivity contribution in [2.45, 2.75) is 40.2 Å². The quantitative estimate of drug-likeness (QED) is 0.361. The fourth-order valence-electron chi connectivity index (χ4n) is 3.87. The van der Waals surface area contributed by atoms with E-state index in [1.54, 1.807) is 22.0 Å². The standard InChI is InChI=1S/C25H22ClN3OS/c1-14(2)23-28-24-22(21(16(4)31-24)19-8-9-20(26)15(3)10-19)25(30)29(23)13-18-7-5-6-17(11-18)12-27/h5-11,14H,13H2,1-4H3. The van der Waals surface area contributed by atoms with Crippen molar-refractivity contribution in [1.29, 1.82) is 5.26 Å². The minimum absolute atomic E-state index is 0.0528. The molecule has 2 aromatic heterocycles. The molecule has 0 aliphatic heterocycles. The lowest BCUT2D eigenvalue weighted by molar-refractivity contribution is 0.635. The number of hydrogen-bond acceptors (Lipinski definition) is 4. The van der Waals surface area contributed by atoms with Crippen LogP contribution in [-0.4, -0.2) is 9.55 Å². The maximum Gasteiger partial charge on any atom is 0.263 e. The van der Waals surface area contributed by atoms with Crippen LogP contribution in [0.5, 0.6) is 0 Å². The third-order valence-corrected chi connectivity index (χ3v) is 6.80. The Morgan fingerprint density at radius 3 is 2.65 bits per heavy atom. The molecule has 0 spiro atoms. The molecule has 4 rings (SSSR count). The summed E-state index contributed by atoms with van der Waals surface area (Å²) in [7, 11) is 0. The van der Waals surface area contributed by atoms with E-state index in [9.17, 15) is 10.1 Å². The molecule has 0 aliphatic rings.